The van der Waals surface area contributed by atoms with Crippen LogP contribution in [-0.2, 0) is 9.53 Å². The van der Waals surface area contributed by atoms with Crippen LogP contribution < -0.4 is 0 Å². The molecule has 0 amide bonds. The van der Waals surface area contributed by atoms with Gasteiger partial charge in [-0.2, -0.15) is 0 Å². The van der Waals surface area contributed by atoms with Crippen molar-refractivity contribution in [1.29, 1.82) is 0 Å². The van der Waals surface area contributed by atoms with Gasteiger partial charge in [-0.05, 0) is 19.4 Å². The molecule has 0 aliphatic rings. The Morgan fingerprint density at radius 1 is 1.38 bits per heavy atom. The maximum atomic E-state index is 11.3. The first-order chi connectivity index (χ1) is 6.21. The summed E-state index contributed by atoms with van der Waals surface area (Å²) in [7, 11) is 0. The van der Waals surface area contributed by atoms with Gasteiger partial charge in [0.1, 0.15) is 0 Å². The van der Waals surface area contributed by atoms with E-state index in [1.807, 2.05) is 12.5 Å². The van der Waals surface area contributed by atoms with Gasteiger partial charge >= 0.3 is 5.97 Å². The van der Waals surface area contributed by atoms with Crippen molar-refractivity contribution in [2.24, 2.45) is 0 Å². The monoisotopic (exact) mass is 222 g/mol. The summed E-state index contributed by atoms with van der Waals surface area (Å²) in [6.45, 7) is 1.80. The summed E-state index contributed by atoms with van der Waals surface area (Å²) in [5.41, 5.74) is 0.349. The molecule has 0 aromatic rings. The Kier molecular flexibility index (Phi) is 7.22. The molecule has 0 aliphatic heterocycles. The van der Waals surface area contributed by atoms with Crippen LogP contribution in [0.3, 0.4) is 0 Å². The number of thioether (sulfide) groups is 2. The summed E-state index contributed by atoms with van der Waals surface area (Å²) >= 11 is 2.88. The molecule has 0 bridgehead atoms. The quantitative estimate of drug-likeness (QED) is 0.564. The maximum absolute atomic E-state index is 11.3. The van der Waals surface area contributed by atoms with Crippen molar-refractivity contribution < 1.29 is 14.6 Å². The fourth-order valence-corrected chi connectivity index (χ4v) is 2.22. The molecule has 0 saturated carbocycles. The predicted octanol–water partition coefficient (Wildman–Crippen LogP) is 1.48. The van der Waals surface area contributed by atoms with Crippen LogP contribution >= 0.6 is 23.5 Å². The lowest BCUT2D eigenvalue weighted by Crippen LogP contribution is -2.11. The first-order valence-corrected chi connectivity index (χ1v) is 6.25. The number of carbonyl (C=O) groups excluding carboxylic acids is 1. The molecule has 1 N–H and O–H groups in total. The van der Waals surface area contributed by atoms with Crippen LogP contribution in [0.4, 0.5) is 0 Å². The van der Waals surface area contributed by atoms with Crippen molar-refractivity contribution in [2.45, 2.75) is 6.92 Å². The van der Waals surface area contributed by atoms with Crippen molar-refractivity contribution in [2.75, 3.05) is 25.7 Å². The highest BCUT2D eigenvalue weighted by molar-refractivity contribution is 8.21. The molecule has 0 heterocycles. The highest BCUT2D eigenvalue weighted by Gasteiger charge is 2.14. The van der Waals surface area contributed by atoms with E-state index in [1.54, 1.807) is 6.92 Å². The van der Waals surface area contributed by atoms with Gasteiger partial charge in [0.2, 0.25) is 0 Å². The number of ether oxygens (including phenoxy) is 1. The number of aliphatic hydroxyl groups is 1. The zero-order chi connectivity index (χ0) is 10.3. The van der Waals surface area contributed by atoms with E-state index in [0.29, 0.717) is 12.2 Å². The average molecular weight is 222 g/mol. The van der Waals surface area contributed by atoms with E-state index in [2.05, 4.69) is 0 Å². The lowest BCUT2D eigenvalue weighted by molar-refractivity contribution is -0.138. The van der Waals surface area contributed by atoms with E-state index >= 15 is 0 Å². The Hall–Kier alpha value is -0.130. The lowest BCUT2D eigenvalue weighted by Gasteiger charge is -2.07. The molecular formula is C8H14O3S2. The molecule has 0 aromatic carbocycles. The number of esters is 1. The van der Waals surface area contributed by atoms with Gasteiger partial charge in [-0.25, -0.2) is 4.79 Å². The molecule has 5 heteroatoms. The summed E-state index contributed by atoms with van der Waals surface area (Å²) < 4.78 is 5.60. The van der Waals surface area contributed by atoms with Crippen molar-refractivity contribution in [3.8, 4) is 0 Å². The van der Waals surface area contributed by atoms with E-state index < -0.39 is 5.97 Å². The molecule has 0 spiro atoms. The molecule has 0 aromatic heterocycles. The van der Waals surface area contributed by atoms with Gasteiger partial charge in [-0.15, -0.1) is 23.5 Å². The summed E-state index contributed by atoms with van der Waals surface area (Å²) in [6.07, 6.45) is 3.72. The third-order valence-electron chi connectivity index (χ3n) is 1.30. The Balaban J connectivity index is 4.63. The fourth-order valence-electron chi connectivity index (χ4n) is 0.760. The standard InChI is InChI=1S/C8H14O3S2/c1-4-11-7(10)6(5-9)8(12-2)13-3/h9H,4-5H2,1-3H3. The van der Waals surface area contributed by atoms with Crippen LogP contribution in [0, 0.1) is 0 Å². The molecule has 13 heavy (non-hydrogen) atoms. The normalized spacial score (nSPS) is 9.54. The third kappa shape index (κ3) is 4.06. The second kappa shape index (κ2) is 7.29. The average Bonchev–Trinajstić information content (AvgIpc) is 2.14. The number of hydrogen-bond donors (Lipinski definition) is 1. The van der Waals surface area contributed by atoms with Crippen molar-refractivity contribution in [1.82, 2.24) is 0 Å². The molecule has 0 radical (unpaired) electrons. The number of carbonyl (C=O) groups is 1. The Morgan fingerprint density at radius 3 is 2.23 bits per heavy atom. The molecule has 0 saturated heterocycles. The zero-order valence-electron chi connectivity index (χ0n) is 7.99. The first kappa shape index (κ1) is 12.9. The molecule has 0 fully saturated rings. The van der Waals surface area contributed by atoms with Crippen LogP contribution in [0.5, 0.6) is 0 Å². The van der Waals surface area contributed by atoms with Crippen LogP contribution in [-0.4, -0.2) is 36.8 Å². The van der Waals surface area contributed by atoms with Crippen molar-refractivity contribution in [3.05, 3.63) is 9.81 Å². The van der Waals surface area contributed by atoms with E-state index in [-0.39, 0.29) is 6.61 Å². The minimum Gasteiger partial charge on any atom is -0.463 e. The van der Waals surface area contributed by atoms with E-state index in [9.17, 15) is 4.79 Å². The molecule has 0 unspecified atom stereocenters. The van der Waals surface area contributed by atoms with Crippen LogP contribution in [0.2, 0.25) is 0 Å². The van der Waals surface area contributed by atoms with Gasteiger partial charge in [-0.3, -0.25) is 0 Å². The Labute approximate surface area is 86.9 Å². The van der Waals surface area contributed by atoms with Gasteiger partial charge in [0, 0.05) is 0 Å². The maximum Gasteiger partial charge on any atom is 0.338 e. The van der Waals surface area contributed by atoms with E-state index in [4.69, 9.17) is 9.84 Å². The second-order valence-electron chi connectivity index (χ2n) is 2.05. The fraction of sp³-hybridized carbons (Fsp3) is 0.625. The number of hydrogen-bond acceptors (Lipinski definition) is 5. The summed E-state index contributed by atoms with van der Waals surface area (Å²) in [5, 5.41) is 8.97. The Bertz CT molecular complexity index is 196. The van der Waals surface area contributed by atoms with E-state index in [0.717, 1.165) is 4.24 Å². The largest absolute Gasteiger partial charge is 0.463 e. The van der Waals surface area contributed by atoms with Crippen LogP contribution in [0.15, 0.2) is 9.81 Å². The molecule has 3 nitrogen and oxygen atoms in total. The minimum absolute atomic E-state index is 0.268. The summed E-state index contributed by atoms with van der Waals surface area (Å²) in [4.78, 5) is 11.3. The third-order valence-corrected chi connectivity index (χ3v) is 3.53. The van der Waals surface area contributed by atoms with Crippen LogP contribution in [0.1, 0.15) is 6.92 Å². The molecule has 76 valence electrons. The topological polar surface area (TPSA) is 46.5 Å². The van der Waals surface area contributed by atoms with Gasteiger partial charge in [0.25, 0.3) is 0 Å². The number of rotatable bonds is 5. The first-order valence-electron chi connectivity index (χ1n) is 3.80. The lowest BCUT2D eigenvalue weighted by atomic mass is 10.3. The van der Waals surface area contributed by atoms with Gasteiger partial charge in [0.15, 0.2) is 0 Å². The van der Waals surface area contributed by atoms with E-state index in [1.165, 1.54) is 23.5 Å². The summed E-state index contributed by atoms with van der Waals surface area (Å²) in [6, 6.07) is 0. The molecule has 0 aliphatic carbocycles. The molecular weight excluding hydrogens is 208 g/mol. The highest BCUT2D eigenvalue weighted by atomic mass is 32.2. The highest BCUT2D eigenvalue weighted by Crippen LogP contribution is 2.27. The molecule has 0 atom stereocenters. The van der Waals surface area contributed by atoms with Gasteiger partial charge in [0.05, 0.1) is 23.0 Å². The van der Waals surface area contributed by atoms with Crippen LogP contribution in [0.25, 0.3) is 0 Å². The van der Waals surface area contributed by atoms with Crippen molar-refractivity contribution in [3.63, 3.8) is 0 Å². The van der Waals surface area contributed by atoms with Gasteiger partial charge in [-0.1, -0.05) is 0 Å². The zero-order valence-corrected chi connectivity index (χ0v) is 9.63. The Morgan fingerprint density at radius 2 is 1.92 bits per heavy atom. The second-order valence-corrected chi connectivity index (χ2v) is 3.94. The summed E-state index contributed by atoms with van der Waals surface area (Å²) in [5.74, 6) is -0.427. The van der Waals surface area contributed by atoms with Gasteiger partial charge < -0.3 is 9.84 Å². The minimum atomic E-state index is -0.427. The molecule has 0 rings (SSSR count). The predicted molar refractivity (Wildman–Crippen MR) is 57.8 cm³/mol. The SMILES string of the molecule is CCOC(=O)C(CO)=C(SC)SC. The van der Waals surface area contributed by atoms with Crippen molar-refractivity contribution >= 4 is 29.5 Å². The smallest absolute Gasteiger partial charge is 0.338 e. The number of aliphatic hydroxyl groups excluding tert-OH is 1.